The van der Waals surface area contributed by atoms with E-state index in [0.29, 0.717) is 0 Å². The number of thiophene rings is 1. The van der Waals surface area contributed by atoms with E-state index in [9.17, 15) is 0 Å². The third kappa shape index (κ3) is 2.39. The van der Waals surface area contributed by atoms with E-state index >= 15 is 0 Å². The average molecular weight is 310 g/mol. The van der Waals surface area contributed by atoms with Gasteiger partial charge in [0.05, 0.1) is 16.8 Å². The predicted octanol–water partition coefficient (Wildman–Crippen LogP) is 4.12. The Hall–Kier alpha value is -2.31. The van der Waals surface area contributed by atoms with Crippen LogP contribution in [-0.4, -0.2) is 20.0 Å². The quantitative estimate of drug-likeness (QED) is 0.572. The fourth-order valence-electron chi connectivity index (χ4n) is 2.01. The van der Waals surface area contributed by atoms with Crippen LogP contribution in [0.15, 0.2) is 59.4 Å². The highest BCUT2D eigenvalue weighted by molar-refractivity contribution is 7.15. The molecular formula is C15H10N4S2. The molecule has 4 rings (SSSR count). The van der Waals surface area contributed by atoms with Gasteiger partial charge in [-0.2, -0.15) is 4.68 Å². The molecule has 21 heavy (non-hydrogen) atoms. The summed E-state index contributed by atoms with van der Waals surface area (Å²) >= 11 is 3.25. The van der Waals surface area contributed by atoms with Gasteiger partial charge < -0.3 is 0 Å². The molecule has 0 saturated carbocycles. The van der Waals surface area contributed by atoms with E-state index in [1.54, 1.807) is 27.4 Å². The van der Waals surface area contributed by atoms with Crippen LogP contribution in [0.25, 0.3) is 27.0 Å². The van der Waals surface area contributed by atoms with Gasteiger partial charge in [0.25, 0.3) is 0 Å². The molecular weight excluding hydrogens is 300 g/mol. The van der Waals surface area contributed by atoms with Crippen molar-refractivity contribution in [2.24, 2.45) is 0 Å². The lowest BCUT2D eigenvalue weighted by Gasteiger charge is -1.93. The Morgan fingerprint density at radius 2 is 1.81 bits per heavy atom. The fraction of sp³-hybridized carbons (Fsp3) is 0. The molecule has 0 atom stereocenters. The number of thiazole rings is 1. The van der Waals surface area contributed by atoms with Crippen LogP contribution in [0.5, 0.6) is 0 Å². The van der Waals surface area contributed by atoms with Crippen LogP contribution in [0.3, 0.4) is 0 Å². The van der Waals surface area contributed by atoms with Gasteiger partial charge in [0.15, 0.2) is 0 Å². The molecule has 102 valence electrons. The lowest BCUT2D eigenvalue weighted by Crippen LogP contribution is -1.93. The molecule has 0 saturated heterocycles. The molecule has 0 aliphatic heterocycles. The third-order valence-electron chi connectivity index (χ3n) is 3.02. The maximum atomic E-state index is 4.62. The Labute approximate surface area is 129 Å². The van der Waals surface area contributed by atoms with E-state index in [2.05, 4.69) is 26.7 Å². The first-order chi connectivity index (χ1) is 10.4. The van der Waals surface area contributed by atoms with Gasteiger partial charge in [-0.25, -0.2) is 4.98 Å². The minimum atomic E-state index is 0.827. The zero-order chi connectivity index (χ0) is 14.1. The first kappa shape index (κ1) is 12.4. The number of rotatable bonds is 3. The van der Waals surface area contributed by atoms with Crippen LogP contribution < -0.4 is 0 Å². The molecule has 0 spiro atoms. The summed E-state index contributed by atoms with van der Waals surface area (Å²) in [6.45, 7) is 0. The second-order valence-corrected chi connectivity index (χ2v) is 6.19. The number of benzene rings is 1. The van der Waals surface area contributed by atoms with E-state index in [1.807, 2.05) is 48.0 Å². The van der Waals surface area contributed by atoms with Crippen molar-refractivity contribution in [1.29, 1.82) is 0 Å². The topological polar surface area (TPSA) is 43.6 Å². The van der Waals surface area contributed by atoms with Gasteiger partial charge in [-0.05, 0) is 11.4 Å². The standard InChI is InChI=1S/C15H10N4S2/c1-2-5-11(6-3-1)12-9-19(18-17-12)15-16-13(10-21-15)14-7-4-8-20-14/h1-10H. The molecule has 0 radical (unpaired) electrons. The van der Waals surface area contributed by atoms with Gasteiger partial charge in [0.2, 0.25) is 5.13 Å². The summed E-state index contributed by atoms with van der Waals surface area (Å²) in [7, 11) is 0. The highest BCUT2D eigenvalue weighted by atomic mass is 32.1. The second-order valence-electron chi connectivity index (χ2n) is 4.41. The largest absolute Gasteiger partial charge is 0.217 e. The van der Waals surface area contributed by atoms with Crippen LogP contribution in [-0.2, 0) is 0 Å². The molecule has 0 N–H and O–H groups in total. The Morgan fingerprint density at radius 1 is 0.905 bits per heavy atom. The molecule has 0 bridgehead atoms. The zero-order valence-corrected chi connectivity index (χ0v) is 12.5. The van der Waals surface area contributed by atoms with Crippen molar-refractivity contribution in [3.63, 3.8) is 0 Å². The maximum absolute atomic E-state index is 4.62. The van der Waals surface area contributed by atoms with E-state index in [-0.39, 0.29) is 0 Å². The van der Waals surface area contributed by atoms with Gasteiger partial charge in [-0.1, -0.05) is 41.6 Å². The average Bonchev–Trinajstić information content (AvgIpc) is 3.27. The molecule has 0 unspecified atom stereocenters. The molecule has 3 aromatic heterocycles. The molecule has 4 aromatic rings. The minimum Gasteiger partial charge on any atom is -0.217 e. The van der Waals surface area contributed by atoms with Crippen LogP contribution in [0, 0.1) is 0 Å². The van der Waals surface area contributed by atoms with Crippen LogP contribution >= 0.6 is 22.7 Å². The van der Waals surface area contributed by atoms with Crippen molar-refractivity contribution in [2.45, 2.75) is 0 Å². The van der Waals surface area contributed by atoms with E-state index in [0.717, 1.165) is 22.1 Å². The van der Waals surface area contributed by atoms with Crippen LogP contribution in [0.4, 0.5) is 0 Å². The molecule has 0 aliphatic carbocycles. The van der Waals surface area contributed by atoms with E-state index in [1.165, 1.54) is 4.88 Å². The smallest absolute Gasteiger partial charge is 0.212 e. The summed E-state index contributed by atoms with van der Waals surface area (Å²) < 4.78 is 1.73. The Bertz CT molecular complexity index is 847. The first-order valence-corrected chi connectivity index (χ1v) is 8.13. The number of hydrogen-bond donors (Lipinski definition) is 0. The van der Waals surface area contributed by atoms with Crippen molar-refractivity contribution in [1.82, 2.24) is 20.0 Å². The summed E-state index contributed by atoms with van der Waals surface area (Å²) in [5.74, 6) is 0. The van der Waals surface area contributed by atoms with Crippen molar-refractivity contribution < 1.29 is 0 Å². The van der Waals surface area contributed by atoms with Crippen molar-refractivity contribution in [2.75, 3.05) is 0 Å². The third-order valence-corrected chi connectivity index (χ3v) is 4.75. The highest BCUT2D eigenvalue weighted by Crippen LogP contribution is 2.27. The molecule has 0 fully saturated rings. The first-order valence-electron chi connectivity index (χ1n) is 6.38. The maximum Gasteiger partial charge on any atom is 0.212 e. The number of hydrogen-bond acceptors (Lipinski definition) is 5. The summed E-state index contributed by atoms with van der Waals surface area (Å²) in [6, 6.07) is 14.1. The highest BCUT2D eigenvalue weighted by Gasteiger charge is 2.10. The number of aromatic nitrogens is 4. The predicted molar refractivity (Wildman–Crippen MR) is 85.8 cm³/mol. The monoisotopic (exact) mass is 310 g/mol. The molecule has 6 heteroatoms. The van der Waals surface area contributed by atoms with E-state index < -0.39 is 0 Å². The fourth-order valence-corrected chi connectivity index (χ4v) is 3.51. The Balaban J connectivity index is 1.67. The Kier molecular flexibility index (Phi) is 3.10. The molecule has 4 nitrogen and oxygen atoms in total. The Morgan fingerprint density at radius 3 is 2.62 bits per heavy atom. The summed E-state index contributed by atoms with van der Waals surface area (Å²) in [6.07, 6.45) is 1.91. The van der Waals surface area contributed by atoms with Gasteiger partial charge in [-0.15, -0.1) is 27.8 Å². The SMILES string of the molecule is c1ccc(-c2cn(-c3nc(-c4cccs4)cs3)nn2)cc1. The van der Waals surface area contributed by atoms with Gasteiger partial charge >= 0.3 is 0 Å². The van der Waals surface area contributed by atoms with Crippen molar-refractivity contribution >= 4 is 22.7 Å². The summed E-state index contributed by atoms with van der Waals surface area (Å²) in [5, 5.41) is 13.3. The molecule has 3 heterocycles. The zero-order valence-electron chi connectivity index (χ0n) is 10.9. The lowest BCUT2D eigenvalue weighted by atomic mass is 10.2. The van der Waals surface area contributed by atoms with Crippen LogP contribution in [0.1, 0.15) is 0 Å². The lowest BCUT2D eigenvalue weighted by molar-refractivity contribution is 0.798. The van der Waals surface area contributed by atoms with Crippen molar-refractivity contribution in [3.8, 4) is 27.0 Å². The van der Waals surface area contributed by atoms with Gasteiger partial charge in [0.1, 0.15) is 5.69 Å². The summed E-state index contributed by atoms with van der Waals surface area (Å²) in [5.41, 5.74) is 2.89. The van der Waals surface area contributed by atoms with Gasteiger partial charge in [0, 0.05) is 10.9 Å². The van der Waals surface area contributed by atoms with Crippen LogP contribution in [0.2, 0.25) is 0 Å². The summed E-state index contributed by atoms with van der Waals surface area (Å²) in [4.78, 5) is 5.79. The minimum absolute atomic E-state index is 0.827. The number of nitrogens with zero attached hydrogens (tertiary/aromatic N) is 4. The molecule has 0 amide bonds. The van der Waals surface area contributed by atoms with Gasteiger partial charge in [-0.3, -0.25) is 0 Å². The van der Waals surface area contributed by atoms with Crippen molar-refractivity contribution in [3.05, 3.63) is 59.4 Å². The molecule has 1 aromatic carbocycles. The van der Waals surface area contributed by atoms with E-state index in [4.69, 9.17) is 0 Å². The molecule has 0 aliphatic rings. The second kappa shape index (κ2) is 5.23. The normalized spacial score (nSPS) is 10.9.